The fourth-order valence-corrected chi connectivity index (χ4v) is 2.78. The summed E-state index contributed by atoms with van der Waals surface area (Å²) < 4.78 is 0. The zero-order valence-corrected chi connectivity index (χ0v) is 12.1. The molecule has 0 spiro atoms. The van der Waals surface area contributed by atoms with Gasteiger partial charge in [0.25, 0.3) is 0 Å². The van der Waals surface area contributed by atoms with Crippen molar-refractivity contribution in [2.24, 2.45) is 0 Å². The Bertz CT molecular complexity index is 450. The number of nitrogens with one attached hydrogen (secondary N) is 2. The van der Waals surface area contributed by atoms with Gasteiger partial charge in [0, 0.05) is 0 Å². The highest BCUT2D eigenvalue weighted by atomic mass is 16.2. The summed E-state index contributed by atoms with van der Waals surface area (Å²) in [4.78, 5) is 12.2. The van der Waals surface area contributed by atoms with Crippen molar-refractivity contribution in [1.29, 1.82) is 0 Å². The van der Waals surface area contributed by atoms with Gasteiger partial charge in [0.15, 0.2) is 0 Å². The summed E-state index contributed by atoms with van der Waals surface area (Å²) in [6.45, 7) is 7.20. The molecule has 0 aliphatic carbocycles. The number of piperidine rings is 1. The van der Waals surface area contributed by atoms with Crippen LogP contribution in [0.3, 0.4) is 0 Å². The van der Waals surface area contributed by atoms with Gasteiger partial charge in [-0.25, -0.2) is 0 Å². The first kappa shape index (κ1) is 14.1. The first-order valence-corrected chi connectivity index (χ1v) is 7.19. The molecular formula is C16H24N2O. The molecule has 1 aliphatic heterocycles. The van der Waals surface area contributed by atoms with E-state index in [0.29, 0.717) is 0 Å². The van der Waals surface area contributed by atoms with Crippen molar-refractivity contribution in [3.63, 3.8) is 0 Å². The third kappa shape index (κ3) is 3.57. The van der Waals surface area contributed by atoms with Gasteiger partial charge in [0.1, 0.15) is 0 Å². The lowest BCUT2D eigenvalue weighted by molar-refractivity contribution is -0.124. The van der Waals surface area contributed by atoms with E-state index in [0.717, 1.165) is 19.4 Å². The zero-order chi connectivity index (χ0) is 13.8. The lowest BCUT2D eigenvalue weighted by atomic mass is 9.99. The van der Waals surface area contributed by atoms with E-state index < -0.39 is 0 Å². The minimum Gasteiger partial charge on any atom is -0.348 e. The largest absolute Gasteiger partial charge is 0.348 e. The third-order valence-electron chi connectivity index (χ3n) is 3.88. The van der Waals surface area contributed by atoms with Crippen molar-refractivity contribution in [3.05, 3.63) is 34.9 Å². The van der Waals surface area contributed by atoms with Crippen LogP contribution >= 0.6 is 0 Å². The van der Waals surface area contributed by atoms with Crippen LogP contribution in [0.4, 0.5) is 0 Å². The molecule has 1 heterocycles. The van der Waals surface area contributed by atoms with Crippen LogP contribution in [0.5, 0.6) is 0 Å². The third-order valence-corrected chi connectivity index (χ3v) is 3.88. The number of amides is 1. The molecule has 1 aliphatic rings. The molecule has 2 atom stereocenters. The molecule has 0 aromatic heterocycles. The Morgan fingerprint density at radius 1 is 1.37 bits per heavy atom. The molecule has 0 radical (unpaired) electrons. The van der Waals surface area contributed by atoms with Crippen molar-refractivity contribution < 1.29 is 4.79 Å². The van der Waals surface area contributed by atoms with Gasteiger partial charge in [-0.05, 0) is 51.3 Å². The maximum absolute atomic E-state index is 12.2. The highest BCUT2D eigenvalue weighted by Crippen LogP contribution is 2.19. The summed E-state index contributed by atoms with van der Waals surface area (Å²) in [5, 5.41) is 6.41. The Balaban J connectivity index is 1.99. The summed E-state index contributed by atoms with van der Waals surface area (Å²) >= 11 is 0. The first-order chi connectivity index (χ1) is 9.08. The Labute approximate surface area is 115 Å². The minimum absolute atomic E-state index is 0.0121. The standard InChI is InChI=1S/C16H24N2O/c1-11-7-8-14(12(2)10-11)13(3)18-16(19)15-6-4-5-9-17-15/h7-8,10,13,15,17H,4-6,9H2,1-3H3,(H,18,19). The Morgan fingerprint density at radius 3 is 2.79 bits per heavy atom. The van der Waals surface area contributed by atoms with Crippen LogP contribution in [0.2, 0.25) is 0 Å². The van der Waals surface area contributed by atoms with Gasteiger partial charge in [-0.3, -0.25) is 4.79 Å². The summed E-state index contributed by atoms with van der Waals surface area (Å²) in [6, 6.07) is 6.43. The van der Waals surface area contributed by atoms with Gasteiger partial charge >= 0.3 is 0 Å². The molecule has 1 aromatic carbocycles. The number of carbonyl (C=O) groups is 1. The van der Waals surface area contributed by atoms with Crippen molar-refractivity contribution in [2.75, 3.05) is 6.54 Å². The molecule has 3 nitrogen and oxygen atoms in total. The maximum Gasteiger partial charge on any atom is 0.237 e. The van der Waals surface area contributed by atoms with E-state index >= 15 is 0 Å². The van der Waals surface area contributed by atoms with E-state index in [-0.39, 0.29) is 18.0 Å². The molecule has 1 aromatic rings. The highest BCUT2D eigenvalue weighted by Gasteiger charge is 2.22. The number of benzene rings is 1. The average Bonchev–Trinajstić information content (AvgIpc) is 2.39. The Hall–Kier alpha value is -1.35. The monoisotopic (exact) mass is 260 g/mol. The number of carbonyl (C=O) groups excluding carboxylic acids is 1. The molecule has 1 fully saturated rings. The SMILES string of the molecule is Cc1ccc(C(C)NC(=O)C2CCCCN2)c(C)c1. The van der Waals surface area contributed by atoms with Gasteiger partial charge in [-0.2, -0.15) is 0 Å². The zero-order valence-electron chi connectivity index (χ0n) is 12.1. The summed E-state index contributed by atoms with van der Waals surface area (Å²) in [6.07, 6.45) is 3.27. The maximum atomic E-state index is 12.2. The van der Waals surface area contributed by atoms with Gasteiger partial charge < -0.3 is 10.6 Å². The minimum atomic E-state index is -0.0121. The van der Waals surface area contributed by atoms with E-state index in [1.165, 1.54) is 23.1 Å². The van der Waals surface area contributed by atoms with E-state index in [2.05, 4.69) is 49.6 Å². The molecule has 0 saturated carbocycles. The van der Waals surface area contributed by atoms with E-state index in [9.17, 15) is 4.79 Å². The van der Waals surface area contributed by atoms with Crippen LogP contribution in [0.25, 0.3) is 0 Å². The number of hydrogen-bond donors (Lipinski definition) is 2. The summed E-state index contributed by atoms with van der Waals surface area (Å²) in [5.41, 5.74) is 3.70. The topological polar surface area (TPSA) is 41.1 Å². The van der Waals surface area contributed by atoms with Gasteiger partial charge in [-0.1, -0.05) is 30.2 Å². The van der Waals surface area contributed by atoms with Crippen LogP contribution in [-0.4, -0.2) is 18.5 Å². The molecule has 104 valence electrons. The van der Waals surface area contributed by atoms with Crippen LogP contribution in [0.1, 0.15) is 48.9 Å². The van der Waals surface area contributed by atoms with Crippen molar-refractivity contribution in [1.82, 2.24) is 10.6 Å². The second-order valence-electron chi connectivity index (χ2n) is 5.59. The smallest absolute Gasteiger partial charge is 0.237 e. The van der Waals surface area contributed by atoms with Crippen molar-refractivity contribution in [2.45, 2.75) is 52.1 Å². The van der Waals surface area contributed by atoms with Crippen LogP contribution in [0, 0.1) is 13.8 Å². The van der Waals surface area contributed by atoms with Crippen LogP contribution < -0.4 is 10.6 Å². The predicted octanol–water partition coefficient (Wildman–Crippen LogP) is 2.62. The van der Waals surface area contributed by atoms with Gasteiger partial charge in [-0.15, -0.1) is 0 Å². The molecule has 1 amide bonds. The first-order valence-electron chi connectivity index (χ1n) is 7.19. The average molecular weight is 260 g/mol. The normalized spacial score (nSPS) is 20.9. The molecule has 2 rings (SSSR count). The van der Waals surface area contributed by atoms with E-state index in [4.69, 9.17) is 0 Å². The summed E-state index contributed by atoms with van der Waals surface area (Å²) in [5.74, 6) is 0.132. The predicted molar refractivity (Wildman–Crippen MR) is 78.1 cm³/mol. The Morgan fingerprint density at radius 2 is 2.16 bits per heavy atom. The molecule has 0 bridgehead atoms. The lowest BCUT2D eigenvalue weighted by Gasteiger charge is -2.25. The lowest BCUT2D eigenvalue weighted by Crippen LogP contribution is -2.47. The van der Waals surface area contributed by atoms with E-state index in [1.54, 1.807) is 0 Å². The second kappa shape index (κ2) is 6.20. The van der Waals surface area contributed by atoms with Gasteiger partial charge in [0.2, 0.25) is 5.91 Å². The fourth-order valence-electron chi connectivity index (χ4n) is 2.78. The second-order valence-corrected chi connectivity index (χ2v) is 5.59. The van der Waals surface area contributed by atoms with Gasteiger partial charge in [0.05, 0.1) is 12.1 Å². The fraction of sp³-hybridized carbons (Fsp3) is 0.562. The molecule has 3 heteroatoms. The number of rotatable bonds is 3. The molecule has 1 saturated heterocycles. The molecule has 2 unspecified atom stereocenters. The van der Waals surface area contributed by atoms with Crippen molar-refractivity contribution in [3.8, 4) is 0 Å². The highest BCUT2D eigenvalue weighted by molar-refractivity contribution is 5.82. The van der Waals surface area contributed by atoms with E-state index in [1.807, 2.05) is 0 Å². The van der Waals surface area contributed by atoms with Crippen molar-refractivity contribution >= 4 is 5.91 Å². The number of aryl methyl sites for hydroxylation is 2. The number of hydrogen-bond acceptors (Lipinski definition) is 2. The quantitative estimate of drug-likeness (QED) is 0.877. The Kier molecular flexibility index (Phi) is 4.59. The van der Waals surface area contributed by atoms with Crippen LogP contribution in [0.15, 0.2) is 18.2 Å². The molecule has 2 N–H and O–H groups in total. The molecule has 19 heavy (non-hydrogen) atoms. The van der Waals surface area contributed by atoms with Crippen LogP contribution in [-0.2, 0) is 4.79 Å². The molecular weight excluding hydrogens is 236 g/mol. The summed E-state index contributed by atoms with van der Waals surface area (Å²) in [7, 11) is 0.